The van der Waals surface area contributed by atoms with E-state index in [1.165, 1.54) is 0 Å². The molecule has 4 nitrogen and oxygen atoms in total. The molecule has 98 valence electrons. The fraction of sp³-hybridized carbons (Fsp3) is 0.571. The molecule has 4 heteroatoms. The van der Waals surface area contributed by atoms with Crippen LogP contribution in [0.25, 0.3) is 0 Å². The van der Waals surface area contributed by atoms with Gasteiger partial charge in [0.05, 0.1) is 6.10 Å². The summed E-state index contributed by atoms with van der Waals surface area (Å²) in [5.74, 6) is 1.07. The first kappa shape index (κ1) is 11.7. The van der Waals surface area contributed by atoms with Crippen LogP contribution in [-0.4, -0.2) is 25.0 Å². The highest BCUT2D eigenvalue weighted by atomic mass is 16.7. The van der Waals surface area contributed by atoms with Crippen LogP contribution in [0, 0.1) is 0 Å². The molecule has 0 radical (unpaired) electrons. The number of ether oxygens (including phenoxy) is 3. The van der Waals surface area contributed by atoms with Gasteiger partial charge in [0.2, 0.25) is 5.79 Å². The smallest absolute Gasteiger partial charge is 0.246 e. The van der Waals surface area contributed by atoms with E-state index in [9.17, 15) is 0 Å². The van der Waals surface area contributed by atoms with E-state index >= 15 is 0 Å². The van der Waals surface area contributed by atoms with Crippen molar-refractivity contribution in [2.24, 2.45) is 0 Å². The van der Waals surface area contributed by atoms with Crippen molar-refractivity contribution in [1.82, 2.24) is 0 Å². The minimum atomic E-state index is -0.557. The van der Waals surface area contributed by atoms with Gasteiger partial charge in [-0.2, -0.15) is 0 Å². The van der Waals surface area contributed by atoms with E-state index in [0.29, 0.717) is 12.1 Å². The number of benzene rings is 1. The molecule has 0 amide bonds. The first-order chi connectivity index (χ1) is 8.55. The van der Waals surface area contributed by atoms with Crippen molar-refractivity contribution in [3.8, 4) is 11.5 Å². The van der Waals surface area contributed by atoms with Crippen LogP contribution < -0.4 is 14.8 Å². The first-order valence-corrected chi connectivity index (χ1v) is 6.37. The molecular formula is C14H19NO3. The third-order valence-corrected chi connectivity index (χ3v) is 3.45. The molecule has 2 aliphatic rings. The summed E-state index contributed by atoms with van der Waals surface area (Å²) in [7, 11) is 1.77. The number of anilines is 1. The van der Waals surface area contributed by atoms with Crippen molar-refractivity contribution in [1.29, 1.82) is 0 Å². The van der Waals surface area contributed by atoms with Gasteiger partial charge in [0.15, 0.2) is 11.5 Å². The second kappa shape index (κ2) is 4.05. The van der Waals surface area contributed by atoms with Crippen molar-refractivity contribution in [2.75, 3.05) is 12.4 Å². The van der Waals surface area contributed by atoms with E-state index in [1.807, 2.05) is 32.0 Å². The molecule has 0 aromatic heterocycles. The Morgan fingerprint density at radius 1 is 1.22 bits per heavy atom. The van der Waals surface area contributed by atoms with Crippen LogP contribution >= 0.6 is 0 Å². The molecule has 3 rings (SSSR count). The Morgan fingerprint density at radius 2 is 1.94 bits per heavy atom. The topological polar surface area (TPSA) is 39.7 Å². The largest absolute Gasteiger partial charge is 0.449 e. The van der Waals surface area contributed by atoms with E-state index in [-0.39, 0.29) is 0 Å². The standard InChI is InChI=1S/C14H19NO3/c1-14(2)17-12-5-4-9(8-13(12)18-14)15-10-6-11(7-10)16-3/h4-5,8,10-11,15H,6-7H2,1-3H3. The fourth-order valence-corrected chi connectivity index (χ4v) is 2.42. The average Bonchev–Trinajstić information content (AvgIpc) is 2.55. The number of nitrogens with one attached hydrogen (secondary N) is 1. The molecule has 1 aliphatic heterocycles. The van der Waals surface area contributed by atoms with Crippen LogP contribution in [0.4, 0.5) is 5.69 Å². The Balaban J connectivity index is 1.66. The van der Waals surface area contributed by atoms with Gasteiger partial charge in [-0.25, -0.2) is 0 Å². The zero-order chi connectivity index (χ0) is 12.8. The molecule has 0 saturated heterocycles. The monoisotopic (exact) mass is 249 g/mol. The fourth-order valence-electron chi connectivity index (χ4n) is 2.42. The van der Waals surface area contributed by atoms with Gasteiger partial charge in [-0.3, -0.25) is 0 Å². The molecule has 0 spiro atoms. The first-order valence-electron chi connectivity index (χ1n) is 6.37. The van der Waals surface area contributed by atoms with Crippen LogP contribution in [0.1, 0.15) is 26.7 Å². The maximum absolute atomic E-state index is 5.72. The minimum Gasteiger partial charge on any atom is -0.449 e. The third kappa shape index (κ3) is 2.12. The molecule has 0 atom stereocenters. The van der Waals surface area contributed by atoms with Gasteiger partial charge < -0.3 is 19.5 Å². The highest BCUT2D eigenvalue weighted by Gasteiger charge is 2.32. The van der Waals surface area contributed by atoms with Crippen LogP contribution in [-0.2, 0) is 4.74 Å². The Hall–Kier alpha value is -1.42. The molecule has 1 N–H and O–H groups in total. The van der Waals surface area contributed by atoms with Crippen molar-refractivity contribution >= 4 is 5.69 Å². The lowest BCUT2D eigenvalue weighted by Crippen LogP contribution is -2.40. The number of methoxy groups -OCH3 is 1. The van der Waals surface area contributed by atoms with Crippen molar-refractivity contribution in [3.05, 3.63) is 18.2 Å². The maximum Gasteiger partial charge on any atom is 0.246 e. The summed E-state index contributed by atoms with van der Waals surface area (Å²) in [4.78, 5) is 0. The molecule has 1 fully saturated rings. The molecular weight excluding hydrogens is 230 g/mol. The quantitative estimate of drug-likeness (QED) is 0.894. The summed E-state index contributed by atoms with van der Waals surface area (Å²) in [6.07, 6.45) is 2.54. The zero-order valence-electron chi connectivity index (χ0n) is 11.0. The third-order valence-electron chi connectivity index (χ3n) is 3.45. The predicted octanol–water partition coefficient (Wildman–Crippen LogP) is 2.78. The number of fused-ring (bicyclic) bond motifs is 1. The van der Waals surface area contributed by atoms with Gasteiger partial charge >= 0.3 is 0 Å². The molecule has 0 bridgehead atoms. The Bertz CT molecular complexity index is 452. The Labute approximate surface area is 107 Å². The van der Waals surface area contributed by atoms with Gasteiger partial charge in [0, 0.05) is 38.8 Å². The van der Waals surface area contributed by atoms with E-state index in [4.69, 9.17) is 14.2 Å². The number of hydrogen-bond acceptors (Lipinski definition) is 4. The summed E-state index contributed by atoms with van der Waals surface area (Å²) in [5.41, 5.74) is 1.08. The van der Waals surface area contributed by atoms with E-state index in [2.05, 4.69) is 5.32 Å². The van der Waals surface area contributed by atoms with Crippen molar-refractivity contribution in [3.63, 3.8) is 0 Å². The second-order valence-corrected chi connectivity index (χ2v) is 5.44. The Morgan fingerprint density at radius 3 is 2.67 bits per heavy atom. The van der Waals surface area contributed by atoms with E-state index in [1.54, 1.807) is 7.11 Å². The van der Waals surface area contributed by atoms with E-state index < -0.39 is 5.79 Å². The van der Waals surface area contributed by atoms with Gasteiger partial charge in [0.1, 0.15) is 0 Å². The summed E-state index contributed by atoms with van der Waals surface area (Å²) in [5, 5.41) is 3.48. The maximum atomic E-state index is 5.72. The average molecular weight is 249 g/mol. The lowest BCUT2D eigenvalue weighted by Gasteiger charge is -2.35. The predicted molar refractivity (Wildman–Crippen MR) is 69.2 cm³/mol. The highest BCUT2D eigenvalue weighted by Crippen LogP contribution is 2.41. The Kier molecular flexibility index (Phi) is 2.63. The molecule has 18 heavy (non-hydrogen) atoms. The van der Waals surface area contributed by atoms with Crippen LogP contribution in [0.5, 0.6) is 11.5 Å². The normalized spacial score (nSPS) is 27.7. The second-order valence-electron chi connectivity index (χ2n) is 5.44. The van der Waals surface area contributed by atoms with Gasteiger partial charge in [-0.15, -0.1) is 0 Å². The zero-order valence-corrected chi connectivity index (χ0v) is 11.0. The molecule has 0 unspecified atom stereocenters. The number of hydrogen-bond donors (Lipinski definition) is 1. The van der Waals surface area contributed by atoms with Crippen molar-refractivity contribution in [2.45, 2.75) is 44.6 Å². The number of rotatable bonds is 3. The van der Waals surface area contributed by atoms with Gasteiger partial charge in [-0.1, -0.05) is 0 Å². The van der Waals surface area contributed by atoms with Crippen LogP contribution in [0.3, 0.4) is 0 Å². The molecule has 1 aromatic carbocycles. The lowest BCUT2D eigenvalue weighted by molar-refractivity contribution is -0.0431. The molecule has 1 heterocycles. The summed E-state index contributed by atoms with van der Waals surface area (Å²) in [6, 6.07) is 6.50. The highest BCUT2D eigenvalue weighted by molar-refractivity contribution is 5.56. The summed E-state index contributed by atoms with van der Waals surface area (Å²) in [6.45, 7) is 3.82. The SMILES string of the molecule is COC1CC(Nc2ccc3c(c2)OC(C)(C)O3)C1. The van der Waals surface area contributed by atoms with Crippen LogP contribution in [0.15, 0.2) is 18.2 Å². The molecule has 1 aromatic rings. The van der Waals surface area contributed by atoms with E-state index in [0.717, 1.165) is 30.0 Å². The van der Waals surface area contributed by atoms with Crippen LogP contribution in [0.2, 0.25) is 0 Å². The lowest BCUT2D eigenvalue weighted by atomic mass is 9.89. The molecule has 1 aliphatic carbocycles. The summed E-state index contributed by atoms with van der Waals surface area (Å²) < 4.78 is 16.7. The minimum absolute atomic E-state index is 0.412. The molecule has 1 saturated carbocycles. The van der Waals surface area contributed by atoms with Gasteiger partial charge in [0.25, 0.3) is 0 Å². The summed E-state index contributed by atoms with van der Waals surface area (Å²) >= 11 is 0. The van der Waals surface area contributed by atoms with Gasteiger partial charge in [-0.05, 0) is 25.0 Å². The van der Waals surface area contributed by atoms with Crippen molar-refractivity contribution < 1.29 is 14.2 Å².